The van der Waals surface area contributed by atoms with Crippen molar-refractivity contribution in [2.75, 3.05) is 0 Å². The summed E-state index contributed by atoms with van der Waals surface area (Å²) in [6.07, 6.45) is 7.64. The van der Waals surface area contributed by atoms with E-state index >= 15 is 0 Å². The number of hydrogen-bond donors (Lipinski definition) is 0. The lowest BCUT2D eigenvalue weighted by Gasteiger charge is -2.16. The van der Waals surface area contributed by atoms with Crippen molar-refractivity contribution in [2.45, 2.75) is 72.6 Å². The summed E-state index contributed by atoms with van der Waals surface area (Å²) < 4.78 is 0. The molecule has 1 nitrogen and oxygen atoms in total. The molecule has 0 fully saturated rings. The van der Waals surface area contributed by atoms with Crippen LogP contribution in [-0.2, 0) is 4.79 Å². The van der Waals surface area contributed by atoms with Crippen molar-refractivity contribution in [1.29, 1.82) is 0 Å². The second-order valence-corrected chi connectivity index (χ2v) is 4.84. The summed E-state index contributed by atoms with van der Waals surface area (Å²) >= 11 is 0. The molecule has 0 N–H and O–H groups in total. The summed E-state index contributed by atoms with van der Waals surface area (Å²) in [6.45, 7) is 8.74. The average Bonchev–Trinajstić information content (AvgIpc) is 2.17. The molecule has 1 unspecified atom stereocenters. The zero-order chi connectivity index (χ0) is 11.7. The van der Waals surface area contributed by atoms with Crippen LogP contribution in [-0.4, -0.2) is 5.78 Å². The van der Waals surface area contributed by atoms with Crippen molar-refractivity contribution in [3.8, 4) is 0 Å². The maximum Gasteiger partial charge on any atom is 0.136 e. The Labute approximate surface area is 95.6 Å². The van der Waals surface area contributed by atoms with Crippen molar-refractivity contribution >= 4 is 5.78 Å². The second-order valence-electron chi connectivity index (χ2n) is 4.84. The van der Waals surface area contributed by atoms with Gasteiger partial charge in [0.1, 0.15) is 5.78 Å². The van der Waals surface area contributed by atoms with Gasteiger partial charge in [0.2, 0.25) is 0 Å². The van der Waals surface area contributed by atoms with Crippen LogP contribution in [0, 0.1) is 11.8 Å². The molecule has 1 atom stereocenters. The first-order valence-electron chi connectivity index (χ1n) is 6.68. The summed E-state index contributed by atoms with van der Waals surface area (Å²) in [5, 5.41) is 0. The van der Waals surface area contributed by atoms with Crippen LogP contribution in [0.3, 0.4) is 0 Å². The predicted octanol–water partition coefficient (Wildman–Crippen LogP) is 4.60. The van der Waals surface area contributed by atoms with E-state index in [4.69, 9.17) is 0 Å². The fourth-order valence-electron chi connectivity index (χ4n) is 2.27. The number of carbonyl (C=O) groups excluding carboxylic acids is 1. The molecule has 0 rings (SSSR count). The highest BCUT2D eigenvalue weighted by molar-refractivity contribution is 5.81. The molecule has 1 heteroatoms. The van der Waals surface area contributed by atoms with Gasteiger partial charge in [-0.15, -0.1) is 0 Å². The molecule has 0 radical (unpaired) electrons. The molecule has 0 spiro atoms. The van der Waals surface area contributed by atoms with E-state index in [1.54, 1.807) is 0 Å². The Morgan fingerprint density at radius 3 is 1.80 bits per heavy atom. The molecule has 0 bridgehead atoms. The Morgan fingerprint density at radius 2 is 1.40 bits per heavy atom. The summed E-state index contributed by atoms with van der Waals surface area (Å²) in [4.78, 5) is 12.0. The lowest BCUT2D eigenvalue weighted by Crippen LogP contribution is -2.17. The fraction of sp³-hybridized carbons (Fsp3) is 0.929. The van der Waals surface area contributed by atoms with E-state index in [1.165, 1.54) is 12.8 Å². The van der Waals surface area contributed by atoms with Crippen molar-refractivity contribution in [2.24, 2.45) is 11.8 Å². The number of Topliss-reactive ketones (excluding diaryl/α,β-unsaturated/α-hetero) is 1. The number of carbonyl (C=O) groups is 1. The van der Waals surface area contributed by atoms with E-state index in [9.17, 15) is 4.79 Å². The standard InChI is InChI=1S/C14H28O/c1-5-8-12(4)11-14(15)13(9-6-2)10-7-3/h12-13H,5-11H2,1-4H3. The van der Waals surface area contributed by atoms with E-state index in [2.05, 4.69) is 27.7 Å². The number of rotatable bonds is 9. The Hall–Kier alpha value is -0.330. The molecule has 90 valence electrons. The van der Waals surface area contributed by atoms with Crippen LogP contribution in [0.5, 0.6) is 0 Å². The lowest BCUT2D eigenvalue weighted by molar-refractivity contribution is -0.124. The minimum absolute atomic E-state index is 0.347. The molecular formula is C14H28O. The zero-order valence-electron chi connectivity index (χ0n) is 11.0. The molecule has 0 saturated heterocycles. The Kier molecular flexibility index (Phi) is 8.74. The van der Waals surface area contributed by atoms with E-state index in [0.717, 1.165) is 32.1 Å². The van der Waals surface area contributed by atoms with Crippen molar-refractivity contribution in [3.05, 3.63) is 0 Å². The third-order valence-corrected chi connectivity index (χ3v) is 3.06. The first kappa shape index (κ1) is 14.7. The first-order valence-corrected chi connectivity index (χ1v) is 6.68. The molecule has 0 saturated carbocycles. The maximum atomic E-state index is 12.0. The van der Waals surface area contributed by atoms with Crippen LogP contribution in [0.25, 0.3) is 0 Å². The molecule has 0 aliphatic carbocycles. The lowest BCUT2D eigenvalue weighted by atomic mass is 9.87. The van der Waals surface area contributed by atoms with Crippen molar-refractivity contribution in [1.82, 2.24) is 0 Å². The van der Waals surface area contributed by atoms with E-state index in [1.807, 2.05) is 0 Å². The molecule has 0 aromatic rings. The first-order chi connectivity index (χ1) is 7.15. The zero-order valence-corrected chi connectivity index (χ0v) is 11.0. The summed E-state index contributed by atoms with van der Waals surface area (Å²) in [6, 6.07) is 0. The van der Waals surface area contributed by atoms with Crippen LogP contribution in [0.4, 0.5) is 0 Å². The van der Waals surface area contributed by atoms with Gasteiger partial charge in [-0.3, -0.25) is 4.79 Å². The van der Waals surface area contributed by atoms with Crippen LogP contribution in [0.15, 0.2) is 0 Å². The van der Waals surface area contributed by atoms with Gasteiger partial charge in [-0.2, -0.15) is 0 Å². The van der Waals surface area contributed by atoms with Gasteiger partial charge < -0.3 is 0 Å². The van der Waals surface area contributed by atoms with Gasteiger partial charge in [0.05, 0.1) is 0 Å². The van der Waals surface area contributed by atoms with E-state index in [-0.39, 0.29) is 0 Å². The summed E-state index contributed by atoms with van der Waals surface area (Å²) in [5.41, 5.74) is 0. The molecule has 0 aliphatic rings. The topological polar surface area (TPSA) is 17.1 Å². The second kappa shape index (κ2) is 8.94. The third-order valence-electron chi connectivity index (χ3n) is 3.06. The van der Waals surface area contributed by atoms with Crippen LogP contribution in [0.2, 0.25) is 0 Å². The van der Waals surface area contributed by atoms with Crippen LogP contribution in [0.1, 0.15) is 72.6 Å². The normalized spacial score (nSPS) is 13.1. The maximum absolute atomic E-state index is 12.0. The van der Waals surface area contributed by atoms with Crippen molar-refractivity contribution in [3.63, 3.8) is 0 Å². The quantitative estimate of drug-likeness (QED) is 0.546. The minimum Gasteiger partial charge on any atom is -0.299 e. The smallest absolute Gasteiger partial charge is 0.136 e. The SMILES string of the molecule is CCCC(C)CC(=O)C(CCC)CCC. The molecule has 0 aromatic heterocycles. The molecule has 0 aliphatic heterocycles. The van der Waals surface area contributed by atoms with Crippen molar-refractivity contribution < 1.29 is 4.79 Å². The van der Waals surface area contributed by atoms with Gasteiger partial charge in [-0.1, -0.05) is 53.4 Å². The van der Waals surface area contributed by atoms with E-state index in [0.29, 0.717) is 17.6 Å². The predicted molar refractivity (Wildman–Crippen MR) is 67.0 cm³/mol. The highest BCUT2D eigenvalue weighted by Crippen LogP contribution is 2.20. The molecule has 0 heterocycles. The van der Waals surface area contributed by atoms with Gasteiger partial charge in [-0.25, -0.2) is 0 Å². The average molecular weight is 212 g/mol. The van der Waals surface area contributed by atoms with Crippen LogP contribution < -0.4 is 0 Å². The Morgan fingerprint density at radius 1 is 0.933 bits per heavy atom. The Bertz CT molecular complexity index is 157. The monoisotopic (exact) mass is 212 g/mol. The van der Waals surface area contributed by atoms with Crippen LogP contribution >= 0.6 is 0 Å². The molecule has 0 amide bonds. The number of hydrogen-bond acceptors (Lipinski definition) is 1. The highest BCUT2D eigenvalue weighted by Gasteiger charge is 2.18. The van der Waals surface area contributed by atoms with Gasteiger partial charge in [0.15, 0.2) is 0 Å². The summed E-state index contributed by atoms with van der Waals surface area (Å²) in [7, 11) is 0. The Balaban J connectivity index is 4.00. The molecule has 15 heavy (non-hydrogen) atoms. The molecular weight excluding hydrogens is 184 g/mol. The minimum atomic E-state index is 0.347. The van der Waals surface area contributed by atoms with Gasteiger partial charge in [0, 0.05) is 12.3 Å². The third kappa shape index (κ3) is 6.70. The van der Waals surface area contributed by atoms with Gasteiger partial charge >= 0.3 is 0 Å². The van der Waals surface area contributed by atoms with Gasteiger partial charge in [-0.05, 0) is 18.8 Å². The largest absolute Gasteiger partial charge is 0.299 e. The summed E-state index contributed by atoms with van der Waals surface area (Å²) in [5.74, 6) is 1.44. The highest BCUT2D eigenvalue weighted by atomic mass is 16.1. The van der Waals surface area contributed by atoms with Gasteiger partial charge in [0.25, 0.3) is 0 Å². The van der Waals surface area contributed by atoms with E-state index < -0.39 is 0 Å². The molecule has 0 aromatic carbocycles. The fourth-order valence-corrected chi connectivity index (χ4v) is 2.27. The number of ketones is 1.